The average molecular weight is 506 g/mol. The lowest BCUT2D eigenvalue weighted by molar-refractivity contribution is -0.133. The van der Waals surface area contributed by atoms with Crippen molar-refractivity contribution in [2.24, 2.45) is 0 Å². The highest BCUT2D eigenvalue weighted by Gasteiger charge is 2.35. The van der Waals surface area contributed by atoms with Crippen molar-refractivity contribution in [2.75, 3.05) is 50.8 Å². The summed E-state index contributed by atoms with van der Waals surface area (Å²) in [6, 6.07) is 4.24. The van der Waals surface area contributed by atoms with E-state index in [9.17, 15) is 9.90 Å². The highest BCUT2D eigenvalue weighted by Crippen LogP contribution is 2.42. The Bertz CT molecular complexity index is 1010. The van der Waals surface area contributed by atoms with Crippen LogP contribution in [0, 0.1) is 0 Å². The number of anilines is 1. The standard InChI is InChI=1S/C24H32ClN5O3S/c1-15-12-18(31)22-21(15)23(28-14-27-22)29-6-8-30(9-7-29)24(32)17(19-2-3-20(25)34-19)13-26-16-4-10-33-11-5-16/h2-3,14-18,26,31H,4-13H2,1H3/t15-,17?,18-/m1/s1. The smallest absolute Gasteiger partial charge is 0.232 e. The molecule has 0 radical (unpaired) electrons. The minimum Gasteiger partial charge on any atom is -0.387 e. The number of aromatic nitrogens is 2. The normalized spacial score (nSPS) is 24.3. The maximum atomic E-state index is 13.7. The Morgan fingerprint density at radius 1 is 1.26 bits per heavy atom. The molecule has 0 aromatic carbocycles. The minimum atomic E-state index is -0.517. The van der Waals surface area contributed by atoms with E-state index in [1.807, 2.05) is 17.0 Å². The SMILES string of the molecule is C[C@@H]1C[C@@H](O)c2ncnc(N3CCN(C(=O)C(CNC4CCOCC4)c4ccc(Cl)s4)CC3)c21. The zero-order valence-electron chi connectivity index (χ0n) is 19.5. The summed E-state index contributed by atoms with van der Waals surface area (Å²) in [5, 5.41) is 13.9. The fourth-order valence-corrected chi connectivity index (χ4v) is 6.48. The van der Waals surface area contributed by atoms with Gasteiger partial charge in [0, 0.05) is 62.4 Å². The lowest BCUT2D eigenvalue weighted by atomic mass is 10.0. The van der Waals surface area contributed by atoms with E-state index in [0.29, 0.717) is 49.5 Å². The van der Waals surface area contributed by atoms with Crippen molar-refractivity contribution in [2.45, 2.75) is 50.2 Å². The van der Waals surface area contributed by atoms with Crippen molar-refractivity contribution in [3.8, 4) is 0 Å². The fourth-order valence-electron chi connectivity index (χ4n) is 5.32. The van der Waals surface area contributed by atoms with Gasteiger partial charge in [0.2, 0.25) is 5.91 Å². The minimum absolute atomic E-state index is 0.148. The highest BCUT2D eigenvalue weighted by atomic mass is 35.5. The van der Waals surface area contributed by atoms with Gasteiger partial charge in [0.25, 0.3) is 0 Å². The Kier molecular flexibility index (Phi) is 7.36. The Balaban J connectivity index is 1.26. The first-order valence-corrected chi connectivity index (χ1v) is 13.3. The summed E-state index contributed by atoms with van der Waals surface area (Å²) in [7, 11) is 0. The summed E-state index contributed by atoms with van der Waals surface area (Å²) < 4.78 is 6.17. The van der Waals surface area contributed by atoms with E-state index >= 15 is 0 Å². The summed E-state index contributed by atoms with van der Waals surface area (Å²) in [5.74, 6) is 1.04. The number of hydrogen-bond donors (Lipinski definition) is 2. The quantitative estimate of drug-likeness (QED) is 0.623. The number of amides is 1. The summed E-state index contributed by atoms with van der Waals surface area (Å²) in [5.41, 5.74) is 1.81. The van der Waals surface area contributed by atoms with Gasteiger partial charge in [-0.15, -0.1) is 11.3 Å². The molecule has 1 aliphatic carbocycles. The van der Waals surface area contributed by atoms with Crippen LogP contribution in [-0.2, 0) is 9.53 Å². The number of fused-ring (bicyclic) bond motifs is 1. The van der Waals surface area contributed by atoms with Gasteiger partial charge in [0.15, 0.2) is 0 Å². The van der Waals surface area contributed by atoms with Crippen LogP contribution in [0.2, 0.25) is 4.34 Å². The average Bonchev–Trinajstić information content (AvgIpc) is 3.42. The topological polar surface area (TPSA) is 90.8 Å². The van der Waals surface area contributed by atoms with Crippen molar-refractivity contribution >= 4 is 34.7 Å². The van der Waals surface area contributed by atoms with E-state index in [1.54, 1.807) is 6.33 Å². The number of nitrogens with one attached hydrogen (secondary N) is 1. The van der Waals surface area contributed by atoms with E-state index < -0.39 is 6.10 Å². The highest BCUT2D eigenvalue weighted by molar-refractivity contribution is 7.16. The van der Waals surface area contributed by atoms with Crippen molar-refractivity contribution in [1.29, 1.82) is 0 Å². The Hall–Kier alpha value is -1.78. The molecule has 0 spiro atoms. The van der Waals surface area contributed by atoms with E-state index in [0.717, 1.165) is 48.0 Å². The number of halogens is 1. The number of rotatable bonds is 6. The molecule has 34 heavy (non-hydrogen) atoms. The van der Waals surface area contributed by atoms with E-state index in [1.165, 1.54) is 11.3 Å². The molecule has 3 aliphatic rings. The maximum absolute atomic E-state index is 13.7. The number of piperazine rings is 1. The lowest BCUT2D eigenvalue weighted by Crippen LogP contribution is -2.51. The maximum Gasteiger partial charge on any atom is 0.232 e. The van der Waals surface area contributed by atoms with Gasteiger partial charge >= 0.3 is 0 Å². The van der Waals surface area contributed by atoms with Crippen LogP contribution in [-0.4, -0.2) is 77.9 Å². The summed E-state index contributed by atoms with van der Waals surface area (Å²) >= 11 is 7.71. The first-order valence-electron chi connectivity index (χ1n) is 12.1. The number of nitrogens with zero attached hydrogens (tertiary/aromatic N) is 4. The van der Waals surface area contributed by atoms with Gasteiger partial charge in [-0.05, 0) is 37.3 Å². The molecule has 2 N–H and O–H groups in total. The predicted octanol–water partition coefficient (Wildman–Crippen LogP) is 2.93. The molecule has 2 saturated heterocycles. The number of hydrogen-bond acceptors (Lipinski definition) is 8. The third-order valence-electron chi connectivity index (χ3n) is 7.24. The summed E-state index contributed by atoms with van der Waals surface area (Å²) in [4.78, 5) is 27.8. The molecule has 0 saturated carbocycles. The molecular weight excluding hydrogens is 474 g/mol. The van der Waals surface area contributed by atoms with Crippen LogP contribution < -0.4 is 10.2 Å². The summed E-state index contributed by atoms with van der Waals surface area (Å²) in [6.45, 7) is 6.96. The van der Waals surface area contributed by atoms with Gasteiger partial charge in [0.1, 0.15) is 12.1 Å². The Morgan fingerprint density at radius 2 is 2.03 bits per heavy atom. The Morgan fingerprint density at radius 3 is 2.74 bits per heavy atom. The van der Waals surface area contributed by atoms with Crippen molar-refractivity contribution < 1.29 is 14.6 Å². The van der Waals surface area contributed by atoms with Crippen LogP contribution in [0.1, 0.15) is 60.3 Å². The second-order valence-electron chi connectivity index (χ2n) is 9.45. The molecular formula is C24H32ClN5O3S. The van der Waals surface area contributed by atoms with Crippen LogP contribution in [0.5, 0.6) is 0 Å². The number of ether oxygens (including phenoxy) is 1. The van der Waals surface area contributed by atoms with Crippen LogP contribution in [0.3, 0.4) is 0 Å². The predicted molar refractivity (Wildman–Crippen MR) is 133 cm³/mol. The first kappa shape index (κ1) is 23.9. The zero-order valence-corrected chi connectivity index (χ0v) is 21.0. The van der Waals surface area contributed by atoms with Gasteiger partial charge < -0.3 is 25.0 Å². The zero-order chi connectivity index (χ0) is 23.7. The van der Waals surface area contributed by atoms with Crippen LogP contribution >= 0.6 is 22.9 Å². The molecule has 2 aromatic heterocycles. The molecule has 184 valence electrons. The van der Waals surface area contributed by atoms with Crippen molar-refractivity contribution in [3.63, 3.8) is 0 Å². The van der Waals surface area contributed by atoms with Gasteiger partial charge in [-0.3, -0.25) is 4.79 Å². The molecule has 2 fully saturated rings. The van der Waals surface area contributed by atoms with Gasteiger partial charge in [-0.2, -0.15) is 0 Å². The van der Waals surface area contributed by atoms with Gasteiger partial charge in [-0.25, -0.2) is 9.97 Å². The van der Waals surface area contributed by atoms with E-state index in [4.69, 9.17) is 16.3 Å². The number of carbonyl (C=O) groups is 1. The molecule has 5 rings (SSSR count). The number of aliphatic hydroxyl groups is 1. The molecule has 3 atom stereocenters. The lowest BCUT2D eigenvalue weighted by Gasteiger charge is -2.38. The first-order chi connectivity index (χ1) is 16.5. The molecule has 10 heteroatoms. The van der Waals surface area contributed by atoms with Crippen molar-refractivity contribution in [1.82, 2.24) is 20.2 Å². The molecule has 2 aromatic rings. The van der Waals surface area contributed by atoms with Gasteiger partial charge in [0.05, 0.1) is 22.1 Å². The summed E-state index contributed by atoms with van der Waals surface area (Å²) in [6.07, 6.45) is 3.66. The van der Waals surface area contributed by atoms with Crippen molar-refractivity contribution in [3.05, 3.63) is 38.9 Å². The second kappa shape index (κ2) is 10.5. The van der Waals surface area contributed by atoms with E-state index in [-0.39, 0.29) is 17.7 Å². The largest absolute Gasteiger partial charge is 0.387 e. The van der Waals surface area contributed by atoms with Crippen LogP contribution in [0.25, 0.3) is 0 Å². The third kappa shape index (κ3) is 4.95. The fraction of sp³-hybridized carbons (Fsp3) is 0.625. The Labute approximate surface area is 209 Å². The van der Waals surface area contributed by atoms with E-state index in [2.05, 4.69) is 27.1 Å². The monoisotopic (exact) mass is 505 g/mol. The number of aliphatic hydroxyl groups excluding tert-OH is 1. The molecule has 8 nitrogen and oxygen atoms in total. The number of thiophene rings is 1. The van der Waals surface area contributed by atoms with Crippen LogP contribution in [0.4, 0.5) is 5.82 Å². The molecule has 1 unspecified atom stereocenters. The molecule has 0 bridgehead atoms. The molecule has 4 heterocycles. The molecule has 2 aliphatic heterocycles. The second-order valence-corrected chi connectivity index (χ2v) is 11.2. The van der Waals surface area contributed by atoms with Crippen LogP contribution in [0.15, 0.2) is 18.5 Å². The third-order valence-corrected chi connectivity index (χ3v) is 8.58. The number of carbonyl (C=O) groups excluding carboxylic acids is 1. The molecule has 1 amide bonds. The van der Waals surface area contributed by atoms with Gasteiger partial charge in [-0.1, -0.05) is 18.5 Å².